The van der Waals surface area contributed by atoms with Gasteiger partial charge in [-0.1, -0.05) is 6.07 Å². The maximum Gasteiger partial charge on any atom is 0.406 e. The topological polar surface area (TPSA) is 96.3 Å². The summed E-state index contributed by atoms with van der Waals surface area (Å²) in [6.07, 6.45) is 0.814. The Kier molecular flexibility index (Phi) is 8.31. The lowest BCUT2D eigenvalue weighted by molar-refractivity contribution is -0.159. The summed E-state index contributed by atoms with van der Waals surface area (Å²) in [4.78, 5) is 39.6. The number of hydrogen-bond donors (Lipinski definition) is 2. The van der Waals surface area contributed by atoms with E-state index in [1.807, 2.05) is 6.92 Å². The van der Waals surface area contributed by atoms with E-state index in [2.05, 4.69) is 15.7 Å². The summed E-state index contributed by atoms with van der Waals surface area (Å²) in [5.41, 5.74) is 0.358. The highest BCUT2D eigenvalue weighted by Crippen LogP contribution is 2.51. The summed E-state index contributed by atoms with van der Waals surface area (Å²) in [7, 11) is 1.04. The number of benzene rings is 1. The smallest absolute Gasteiger partial charge is 0.339 e. The van der Waals surface area contributed by atoms with E-state index in [1.54, 1.807) is 6.07 Å². The van der Waals surface area contributed by atoms with Crippen LogP contribution in [0, 0.1) is 23.6 Å². The fourth-order valence-corrected chi connectivity index (χ4v) is 5.15. The van der Waals surface area contributed by atoms with Gasteiger partial charge in [0, 0.05) is 19.8 Å². The van der Waals surface area contributed by atoms with Crippen LogP contribution in [-0.2, 0) is 16.1 Å². The molecule has 0 radical (unpaired) electrons. The van der Waals surface area contributed by atoms with E-state index >= 15 is 4.39 Å². The summed E-state index contributed by atoms with van der Waals surface area (Å²) >= 11 is 0. The molecule has 4 rings (SSSR count). The molecule has 2 aromatic rings. The zero-order valence-corrected chi connectivity index (χ0v) is 22.1. The monoisotopic (exact) mass is 551 g/mol. The van der Waals surface area contributed by atoms with Crippen molar-refractivity contribution in [2.45, 2.75) is 64.2 Å². The number of amides is 3. The fraction of sp³-hybridized carbons (Fsp3) is 0.556. The highest BCUT2D eigenvalue weighted by Gasteiger charge is 2.48. The minimum Gasteiger partial charge on any atom is -0.339 e. The second-order valence-corrected chi connectivity index (χ2v) is 10.5. The van der Waals surface area contributed by atoms with Crippen molar-refractivity contribution in [1.82, 2.24) is 20.0 Å². The largest absolute Gasteiger partial charge is 0.406 e. The number of nitrogens with zero attached hydrogens (tertiary/aromatic N) is 3. The average Bonchev–Trinajstić information content (AvgIpc) is 3.82. The van der Waals surface area contributed by atoms with Gasteiger partial charge in [0.05, 0.1) is 11.6 Å². The summed E-state index contributed by atoms with van der Waals surface area (Å²) in [6, 6.07) is 4.41. The van der Waals surface area contributed by atoms with Crippen molar-refractivity contribution >= 4 is 23.4 Å². The molecule has 1 aromatic carbocycles. The van der Waals surface area contributed by atoms with E-state index in [0.29, 0.717) is 29.0 Å². The third kappa shape index (κ3) is 6.96. The summed E-state index contributed by atoms with van der Waals surface area (Å²) in [6.45, 7) is 2.30. The third-order valence-corrected chi connectivity index (χ3v) is 7.45. The average molecular weight is 552 g/mol. The molecule has 0 spiro atoms. The Morgan fingerprint density at radius 2 is 1.77 bits per heavy atom. The molecule has 1 heterocycles. The van der Waals surface area contributed by atoms with Crippen LogP contribution in [0.4, 0.5) is 23.2 Å². The van der Waals surface area contributed by atoms with Crippen LogP contribution in [0.2, 0.25) is 0 Å². The molecule has 0 saturated heterocycles. The Hall–Kier alpha value is -3.44. The van der Waals surface area contributed by atoms with E-state index < -0.39 is 48.2 Å². The fourth-order valence-electron chi connectivity index (χ4n) is 5.15. The lowest BCUT2D eigenvalue weighted by Gasteiger charge is -2.28. The molecule has 3 amide bonds. The first-order valence-electron chi connectivity index (χ1n) is 13.1. The van der Waals surface area contributed by atoms with Crippen molar-refractivity contribution < 1.29 is 31.9 Å². The summed E-state index contributed by atoms with van der Waals surface area (Å²) in [5.74, 6) is -3.12. The Balaban J connectivity index is 1.50. The van der Waals surface area contributed by atoms with Crippen LogP contribution in [0.5, 0.6) is 0 Å². The highest BCUT2D eigenvalue weighted by molar-refractivity contribution is 6.01. The number of likely N-dealkylation sites (N-methyl/N-ethyl adjacent to an activating group) is 1. The number of carbonyl (C=O) groups is 3. The zero-order chi connectivity index (χ0) is 28.5. The lowest BCUT2D eigenvalue weighted by atomic mass is 9.88. The van der Waals surface area contributed by atoms with E-state index in [-0.39, 0.29) is 17.2 Å². The van der Waals surface area contributed by atoms with E-state index in [4.69, 9.17) is 0 Å². The zero-order valence-electron chi connectivity index (χ0n) is 22.1. The van der Waals surface area contributed by atoms with Crippen molar-refractivity contribution in [1.29, 1.82) is 0 Å². The molecule has 2 saturated carbocycles. The first kappa shape index (κ1) is 28.6. The van der Waals surface area contributed by atoms with Gasteiger partial charge >= 0.3 is 6.18 Å². The van der Waals surface area contributed by atoms with Gasteiger partial charge in [0.1, 0.15) is 24.1 Å². The van der Waals surface area contributed by atoms with Crippen LogP contribution in [0.15, 0.2) is 30.5 Å². The number of carbonyl (C=O) groups excluding carboxylic acids is 3. The second kappa shape index (κ2) is 11.4. The summed E-state index contributed by atoms with van der Waals surface area (Å²) in [5, 5.41) is 9.58. The molecule has 12 heteroatoms. The maximum atomic E-state index is 15.1. The SMILES string of the molecule is CCn1nccc1C(=O)N[C@H](C(=O)Nc1ccc([C@H](C)C(=O)N(C)CC(F)(F)F)cc1F)C(C1CC1)C1CC1. The molecule has 1 aromatic heterocycles. The van der Waals surface area contributed by atoms with Crippen molar-refractivity contribution in [2.75, 3.05) is 18.9 Å². The first-order valence-corrected chi connectivity index (χ1v) is 13.1. The molecular weight excluding hydrogens is 518 g/mol. The molecule has 0 bridgehead atoms. The third-order valence-electron chi connectivity index (χ3n) is 7.45. The van der Waals surface area contributed by atoms with E-state index in [1.165, 1.54) is 29.9 Å². The van der Waals surface area contributed by atoms with Gasteiger partial charge in [-0.15, -0.1) is 0 Å². The number of aromatic nitrogens is 2. The van der Waals surface area contributed by atoms with Crippen molar-refractivity contribution in [2.24, 2.45) is 17.8 Å². The van der Waals surface area contributed by atoms with Gasteiger partial charge in [-0.05, 0) is 81.0 Å². The van der Waals surface area contributed by atoms with Crippen molar-refractivity contribution in [3.8, 4) is 0 Å². The number of hydrogen-bond acceptors (Lipinski definition) is 4. The minimum absolute atomic E-state index is 0.0731. The molecule has 2 aliphatic carbocycles. The van der Waals surface area contributed by atoms with E-state index in [0.717, 1.165) is 38.8 Å². The molecule has 8 nitrogen and oxygen atoms in total. The van der Waals surface area contributed by atoms with Gasteiger partial charge in [0.15, 0.2) is 0 Å². The van der Waals surface area contributed by atoms with Gasteiger partial charge in [-0.25, -0.2) is 4.39 Å². The van der Waals surface area contributed by atoms with Gasteiger partial charge in [0.2, 0.25) is 11.8 Å². The van der Waals surface area contributed by atoms with Gasteiger partial charge in [-0.2, -0.15) is 18.3 Å². The predicted octanol–water partition coefficient (Wildman–Crippen LogP) is 4.34. The van der Waals surface area contributed by atoms with Crippen LogP contribution >= 0.6 is 0 Å². The van der Waals surface area contributed by atoms with Crippen molar-refractivity contribution in [3.63, 3.8) is 0 Å². The molecule has 2 atom stereocenters. The second-order valence-electron chi connectivity index (χ2n) is 10.5. The molecule has 39 heavy (non-hydrogen) atoms. The van der Waals surface area contributed by atoms with Crippen LogP contribution in [0.3, 0.4) is 0 Å². The normalized spacial score (nSPS) is 17.0. The Labute approximate surface area is 224 Å². The number of halogens is 4. The van der Waals surface area contributed by atoms with Crippen LogP contribution < -0.4 is 10.6 Å². The Bertz CT molecular complexity index is 1210. The first-order chi connectivity index (χ1) is 18.4. The quantitative estimate of drug-likeness (QED) is 0.406. The van der Waals surface area contributed by atoms with Gasteiger partial charge in [-0.3, -0.25) is 19.1 Å². The number of anilines is 1. The van der Waals surface area contributed by atoms with Crippen LogP contribution in [0.25, 0.3) is 0 Å². The molecule has 0 unspecified atom stereocenters. The standard InChI is InChI=1S/C27H33F4N5O3/c1-4-36-21(11-12-32-36)24(37)34-23(22(16-5-6-16)17-7-8-17)25(38)33-20-10-9-18(13-19(20)28)15(2)26(39)35(3)14-27(29,30)31/h9-13,15-17,22-23H,4-8,14H2,1-3H3,(H,33,38)(H,34,37)/t15-,23-/m0/s1. The number of nitrogens with one attached hydrogen (secondary N) is 2. The van der Waals surface area contributed by atoms with Gasteiger partial charge in [0.25, 0.3) is 5.91 Å². The number of rotatable bonds is 11. The number of aryl methyl sites for hydroxylation is 1. The maximum absolute atomic E-state index is 15.1. The Morgan fingerprint density at radius 3 is 2.31 bits per heavy atom. The Morgan fingerprint density at radius 1 is 1.13 bits per heavy atom. The lowest BCUT2D eigenvalue weighted by Crippen LogP contribution is -2.50. The molecule has 2 aliphatic rings. The molecule has 2 fully saturated rings. The molecule has 0 aliphatic heterocycles. The molecule has 2 N–H and O–H groups in total. The molecule has 212 valence electrons. The minimum atomic E-state index is -4.55. The van der Waals surface area contributed by atoms with E-state index in [9.17, 15) is 27.6 Å². The molecular formula is C27H33F4N5O3. The highest BCUT2D eigenvalue weighted by atomic mass is 19.4. The van der Waals surface area contributed by atoms with Crippen LogP contribution in [0.1, 0.15) is 61.5 Å². The summed E-state index contributed by atoms with van der Waals surface area (Å²) < 4.78 is 54.6. The van der Waals surface area contributed by atoms with Crippen LogP contribution in [-0.4, -0.2) is 58.2 Å². The predicted molar refractivity (Wildman–Crippen MR) is 135 cm³/mol. The van der Waals surface area contributed by atoms with Gasteiger partial charge < -0.3 is 15.5 Å². The number of alkyl halides is 3. The van der Waals surface area contributed by atoms with Crippen molar-refractivity contribution in [3.05, 3.63) is 47.5 Å².